The highest BCUT2D eigenvalue weighted by Crippen LogP contribution is 2.25. The van der Waals surface area contributed by atoms with Gasteiger partial charge in [-0.25, -0.2) is 0 Å². The summed E-state index contributed by atoms with van der Waals surface area (Å²) in [6, 6.07) is 15.0. The van der Waals surface area contributed by atoms with Gasteiger partial charge in [0, 0.05) is 30.3 Å². The minimum absolute atomic E-state index is 0.0303. The number of primary amides is 1. The summed E-state index contributed by atoms with van der Waals surface area (Å²) in [5, 5.41) is 0. The van der Waals surface area contributed by atoms with Crippen LogP contribution < -0.4 is 5.73 Å². The fourth-order valence-electron chi connectivity index (χ4n) is 3.30. The van der Waals surface area contributed by atoms with Gasteiger partial charge in [-0.15, -0.1) is 0 Å². The number of carbonyl (C=O) groups is 2. The second-order valence-electron chi connectivity index (χ2n) is 6.65. The van der Waals surface area contributed by atoms with Crippen LogP contribution in [-0.4, -0.2) is 54.8 Å². The molecule has 1 aliphatic heterocycles. The first-order valence-electron chi connectivity index (χ1n) is 8.42. The molecule has 1 atom stereocenters. The molecule has 1 heterocycles. The molecule has 130 valence electrons. The summed E-state index contributed by atoms with van der Waals surface area (Å²) < 4.78 is 0. The molecular formula is C20H23N3O2. The van der Waals surface area contributed by atoms with Crippen LogP contribution in [0.25, 0.3) is 11.1 Å². The second-order valence-corrected chi connectivity index (χ2v) is 6.65. The largest absolute Gasteiger partial charge is 0.366 e. The molecule has 0 radical (unpaired) electrons. The van der Waals surface area contributed by atoms with Gasteiger partial charge in [-0.3, -0.25) is 9.59 Å². The Morgan fingerprint density at radius 3 is 2.56 bits per heavy atom. The monoisotopic (exact) mass is 337 g/mol. The smallest absolute Gasteiger partial charge is 0.253 e. The van der Waals surface area contributed by atoms with Crippen LogP contribution in [0.15, 0.2) is 48.5 Å². The number of carbonyl (C=O) groups excluding carboxylic acids is 2. The lowest BCUT2D eigenvalue weighted by Crippen LogP contribution is -2.34. The maximum Gasteiger partial charge on any atom is 0.253 e. The minimum atomic E-state index is -0.472. The first-order chi connectivity index (χ1) is 12.0. The van der Waals surface area contributed by atoms with Crippen LogP contribution in [0, 0.1) is 0 Å². The molecule has 3 rings (SSSR count). The van der Waals surface area contributed by atoms with E-state index in [-0.39, 0.29) is 5.91 Å². The van der Waals surface area contributed by atoms with E-state index < -0.39 is 5.91 Å². The van der Waals surface area contributed by atoms with E-state index in [9.17, 15) is 9.59 Å². The zero-order chi connectivity index (χ0) is 18.0. The average molecular weight is 337 g/mol. The van der Waals surface area contributed by atoms with Crippen LogP contribution >= 0.6 is 0 Å². The average Bonchev–Trinajstić information content (AvgIpc) is 3.11. The summed E-state index contributed by atoms with van der Waals surface area (Å²) in [6.07, 6.45) is 0.989. The van der Waals surface area contributed by atoms with Crippen LogP contribution in [0.3, 0.4) is 0 Å². The van der Waals surface area contributed by atoms with Gasteiger partial charge in [0.2, 0.25) is 5.91 Å². The van der Waals surface area contributed by atoms with Crippen molar-refractivity contribution in [2.24, 2.45) is 5.73 Å². The van der Waals surface area contributed by atoms with Gasteiger partial charge >= 0.3 is 0 Å². The molecule has 0 aliphatic carbocycles. The molecule has 2 amide bonds. The van der Waals surface area contributed by atoms with E-state index in [4.69, 9.17) is 5.73 Å². The predicted molar refractivity (Wildman–Crippen MR) is 98.4 cm³/mol. The third kappa shape index (κ3) is 3.56. The van der Waals surface area contributed by atoms with Crippen LogP contribution in [0.2, 0.25) is 0 Å². The van der Waals surface area contributed by atoms with Crippen molar-refractivity contribution >= 4 is 11.8 Å². The molecule has 0 unspecified atom stereocenters. The lowest BCUT2D eigenvalue weighted by Gasteiger charge is -2.20. The fourth-order valence-corrected chi connectivity index (χ4v) is 3.30. The van der Waals surface area contributed by atoms with Gasteiger partial charge in [0.25, 0.3) is 5.91 Å². The maximum atomic E-state index is 12.8. The molecule has 1 fully saturated rings. The third-order valence-corrected chi connectivity index (χ3v) is 4.79. The zero-order valence-corrected chi connectivity index (χ0v) is 14.6. The first kappa shape index (κ1) is 17.2. The highest BCUT2D eigenvalue weighted by molar-refractivity contribution is 6.01. The quantitative estimate of drug-likeness (QED) is 0.930. The van der Waals surface area contributed by atoms with Gasteiger partial charge < -0.3 is 15.5 Å². The van der Waals surface area contributed by atoms with E-state index in [2.05, 4.69) is 4.90 Å². The van der Waals surface area contributed by atoms with Crippen molar-refractivity contribution in [1.29, 1.82) is 0 Å². The number of rotatable bonds is 4. The fraction of sp³-hybridized carbons (Fsp3) is 0.300. The highest BCUT2D eigenvalue weighted by atomic mass is 16.2. The van der Waals surface area contributed by atoms with Crippen LogP contribution in [0.1, 0.15) is 27.1 Å². The lowest BCUT2D eigenvalue weighted by molar-refractivity contribution is 0.0783. The number of hydrogen-bond acceptors (Lipinski definition) is 3. The molecule has 0 saturated carbocycles. The van der Waals surface area contributed by atoms with Crippen LogP contribution in [0.4, 0.5) is 0 Å². The molecule has 2 aromatic carbocycles. The third-order valence-electron chi connectivity index (χ3n) is 4.79. The molecule has 5 heteroatoms. The Morgan fingerprint density at radius 2 is 1.88 bits per heavy atom. The first-order valence-corrected chi connectivity index (χ1v) is 8.42. The maximum absolute atomic E-state index is 12.8. The Bertz CT molecular complexity index is 801. The molecule has 1 aliphatic rings. The van der Waals surface area contributed by atoms with Crippen molar-refractivity contribution in [3.05, 3.63) is 59.7 Å². The molecule has 1 saturated heterocycles. The predicted octanol–water partition coefficient (Wildman–Crippen LogP) is 2.23. The zero-order valence-electron chi connectivity index (χ0n) is 14.6. The molecule has 25 heavy (non-hydrogen) atoms. The summed E-state index contributed by atoms with van der Waals surface area (Å²) in [6.45, 7) is 1.51. The van der Waals surface area contributed by atoms with Crippen molar-refractivity contribution in [3.8, 4) is 11.1 Å². The summed E-state index contributed by atoms with van der Waals surface area (Å²) in [4.78, 5) is 28.6. The number of likely N-dealkylation sites (tertiary alicyclic amines) is 1. The number of hydrogen-bond donors (Lipinski definition) is 1. The van der Waals surface area contributed by atoms with E-state index in [0.717, 1.165) is 30.6 Å². The minimum Gasteiger partial charge on any atom is -0.366 e. The Hall–Kier alpha value is -2.66. The summed E-state index contributed by atoms with van der Waals surface area (Å²) in [7, 11) is 4.08. The van der Waals surface area contributed by atoms with Gasteiger partial charge in [0.05, 0.1) is 0 Å². The molecule has 0 bridgehead atoms. The number of likely N-dealkylation sites (N-methyl/N-ethyl adjacent to an activating group) is 1. The molecular weight excluding hydrogens is 314 g/mol. The van der Waals surface area contributed by atoms with Crippen LogP contribution in [-0.2, 0) is 0 Å². The molecule has 2 N–H and O–H groups in total. The van der Waals surface area contributed by atoms with Crippen molar-refractivity contribution in [2.75, 3.05) is 27.2 Å². The van der Waals surface area contributed by atoms with Gasteiger partial charge in [-0.05, 0) is 49.8 Å². The van der Waals surface area contributed by atoms with Gasteiger partial charge in [-0.1, -0.05) is 30.3 Å². The number of amides is 2. The Balaban J connectivity index is 1.88. The van der Waals surface area contributed by atoms with E-state index in [0.29, 0.717) is 17.2 Å². The van der Waals surface area contributed by atoms with Gasteiger partial charge in [0.15, 0.2) is 0 Å². The summed E-state index contributed by atoms with van der Waals surface area (Å²) in [5.41, 5.74) is 8.14. The standard InChI is InChI=1S/C20H23N3O2/c1-22(2)16-10-11-23(13-16)20(25)15-7-5-6-14(12-15)17-8-3-4-9-18(17)19(21)24/h3-9,12,16H,10-11,13H2,1-2H3,(H2,21,24)/t16-/m0/s1. The number of nitrogens with zero attached hydrogens (tertiary/aromatic N) is 2. The summed E-state index contributed by atoms with van der Waals surface area (Å²) in [5.74, 6) is -0.441. The topological polar surface area (TPSA) is 66.6 Å². The SMILES string of the molecule is CN(C)[C@H]1CCN(C(=O)c2cccc(-c3ccccc3C(N)=O)c2)C1. The van der Waals surface area contributed by atoms with E-state index in [1.54, 1.807) is 12.1 Å². The van der Waals surface area contributed by atoms with E-state index in [1.165, 1.54) is 0 Å². The molecule has 5 nitrogen and oxygen atoms in total. The second kappa shape index (κ2) is 7.07. The number of benzene rings is 2. The van der Waals surface area contributed by atoms with E-state index in [1.807, 2.05) is 55.4 Å². The Kier molecular flexibility index (Phi) is 4.86. The highest BCUT2D eigenvalue weighted by Gasteiger charge is 2.28. The van der Waals surface area contributed by atoms with Gasteiger partial charge in [-0.2, -0.15) is 0 Å². The Morgan fingerprint density at radius 1 is 1.12 bits per heavy atom. The summed E-state index contributed by atoms with van der Waals surface area (Å²) >= 11 is 0. The molecule has 2 aromatic rings. The van der Waals surface area contributed by atoms with Crippen molar-refractivity contribution in [1.82, 2.24) is 9.80 Å². The van der Waals surface area contributed by atoms with Crippen molar-refractivity contribution in [3.63, 3.8) is 0 Å². The van der Waals surface area contributed by atoms with Crippen molar-refractivity contribution < 1.29 is 9.59 Å². The van der Waals surface area contributed by atoms with E-state index >= 15 is 0 Å². The van der Waals surface area contributed by atoms with Gasteiger partial charge in [0.1, 0.15) is 0 Å². The molecule has 0 aromatic heterocycles. The normalized spacial score (nSPS) is 17.1. The molecule has 0 spiro atoms. The van der Waals surface area contributed by atoms with Crippen LogP contribution in [0.5, 0.6) is 0 Å². The number of nitrogens with two attached hydrogens (primary N) is 1. The lowest BCUT2D eigenvalue weighted by atomic mass is 9.97. The Labute approximate surface area is 148 Å². The van der Waals surface area contributed by atoms with Crippen molar-refractivity contribution in [2.45, 2.75) is 12.5 Å².